The highest BCUT2D eigenvalue weighted by Crippen LogP contribution is 2.27. The van der Waals surface area contributed by atoms with Crippen LogP contribution in [0.5, 0.6) is 0 Å². The maximum Gasteiger partial charge on any atom is 0.0610 e. The molecule has 1 atom stereocenters. The lowest BCUT2D eigenvalue weighted by Gasteiger charge is -2.32. The molecule has 1 aliphatic rings. The number of aliphatic hydroxyl groups excluding tert-OH is 1. The molecule has 2 N–H and O–H groups in total. The standard InChI is InChI=1S/C17H36N2O/c1-4-12-18-17(3,15-20)11-6-7-13-19(5-2)14-16-9-8-10-16/h16,18,20H,4-15H2,1-3H3. The summed E-state index contributed by atoms with van der Waals surface area (Å²) in [5, 5.41) is 13.0. The van der Waals surface area contributed by atoms with E-state index in [1.807, 2.05) is 0 Å². The second-order valence-electron chi connectivity index (χ2n) is 6.79. The molecule has 20 heavy (non-hydrogen) atoms. The fourth-order valence-corrected chi connectivity index (χ4v) is 2.92. The van der Waals surface area contributed by atoms with Gasteiger partial charge in [0.05, 0.1) is 6.61 Å². The Balaban J connectivity index is 2.14. The van der Waals surface area contributed by atoms with E-state index in [-0.39, 0.29) is 12.1 Å². The van der Waals surface area contributed by atoms with Gasteiger partial charge in [0.25, 0.3) is 0 Å². The quantitative estimate of drug-likeness (QED) is 0.541. The van der Waals surface area contributed by atoms with Crippen LogP contribution >= 0.6 is 0 Å². The molecule has 120 valence electrons. The molecule has 1 aliphatic carbocycles. The Morgan fingerprint density at radius 1 is 1.25 bits per heavy atom. The third-order valence-electron chi connectivity index (χ3n) is 4.79. The Labute approximate surface area is 126 Å². The molecule has 1 unspecified atom stereocenters. The summed E-state index contributed by atoms with van der Waals surface area (Å²) in [7, 11) is 0. The zero-order valence-corrected chi connectivity index (χ0v) is 14.0. The summed E-state index contributed by atoms with van der Waals surface area (Å²) >= 11 is 0. The minimum Gasteiger partial charge on any atom is -0.394 e. The topological polar surface area (TPSA) is 35.5 Å². The fourth-order valence-electron chi connectivity index (χ4n) is 2.92. The first-order valence-electron chi connectivity index (χ1n) is 8.71. The van der Waals surface area contributed by atoms with Gasteiger partial charge < -0.3 is 15.3 Å². The van der Waals surface area contributed by atoms with Gasteiger partial charge >= 0.3 is 0 Å². The zero-order chi connectivity index (χ0) is 14.8. The average molecular weight is 284 g/mol. The molecular formula is C17H36N2O. The van der Waals surface area contributed by atoms with Crippen LogP contribution in [0.25, 0.3) is 0 Å². The monoisotopic (exact) mass is 284 g/mol. The smallest absolute Gasteiger partial charge is 0.0610 e. The Hall–Kier alpha value is -0.120. The number of nitrogens with one attached hydrogen (secondary N) is 1. The van der Waals surface area contributed by atoms with Gasteiger partial charge in [0.15, 0.2) is 0 Å². The fraction of sp³-hybridized carbons (Fsp3) is 1.00. The highest BCUT2D eigenvalue weighted by molar-refractivity contribution is 4.82. The molecule has 0 saturated heterocycles. The van der Waals surface area contributed by atoms with Gasteiger partial charge in [-0.15, -0.1) is 0 Å². The van der Waals surface area contributed by atoms with E-state index in [0.717, 1.165) is 25.3 Å². The van der Waals surface area contributed by atoms with Crippen molar-refractivity contribution >= 4 is 0 Å². The number of unbranched alkanes of at least 4 members (excludes halogenated alkanes) is 1. The highest BCUT2D eigenvalue weighted by atomic mass is 16.3. The lowest BCUT2D eigenvalue weighted by Crippen LogP contribution is -2.46. The van der Waals surface area contributed by atoms with Crippen molar-refractivity contribution in [3.8, 4) is 0 Å². The molecule has 1 rings (SSSR count). The number of hydrogen-bond donors (Lipinski definition) is 2. The molecule has 1 saturated carbocycles. The van der Waals surface area contributed by atoms with Gasteiger partial charge in [0.1, 0.15) is 0 Å². The van der Waals surface area contributed by atoms with Crippen LogP contribution in [0.15, 0.2) is 0 Å². The molecule has 0 amide bonds. The normalized spacial score (nSPS) is 19.1. The van der Waals surface area contributed by atoms with Crippen LogP contribution in [-0.2, 0) is 0 Å². The van der Waals surface area contributed by atoms with Gasteiger partial charge in [-0.3, -0.25) is 0 Å². The molecule has 0 aliphatic heterocycles. The summed E-state index contributed by atoms with van der Waals surface area (Å²) in [5.41, 5.74) is -0.0823. The van der Waals surface area contributed by atoms with E-state index in [1.54, 1.807) is 0 Å². The van der Waals surface area contributed by atoms with E-state index in [0.29, 0.717) is 0 Å². The predicted molar refractivity (Wildman–Crippen MR) is 87.1 cm³/mol. The summed E-state index contributed by atoms with van der Waals surface area (Å²) in [6.45, 7) is 11.6. The van der Waals surface area contributed by atoms with Crippen LogP contribution in [0.4, 0.5) is 0 Å². The maximum absolute atomic E-state index is 9.55. The van der Waals surface area contributed by atoms with Crippen LogP contribution in [0, 0.1) is 5.92 Å². The van der Waals surface area contributed by atoms with Crippen LogP contribution in [0.2, 0.25) is 0 Å². The van der Waals surface area contributed by atoms with E-state index < -0.39 is 0 Å². The second kappa shape index (κ2) is 9.75. The summed E-state index contributed by atoms with van der Waals surface area (Å²) < 4.78 is 0. The van der Waals surface area contributed by atoms with E-state index in [4.69, 9.17) is 0 Å². The van der Waals surface area contributed by atoms with Gasteiger partial charge in [-0.2, -0.15) is 0 Å². The van der Waals surface area contributed by atoms with Gasteiger partial charge in [-0.1, -0.05) is 26.7 Å². The lowest BCUT2D eigenvalue weighted by molar-refractivity contribution is 0.155. The molecule has 1 fully saturated rings. The molecule has 0 aromatic rings. The SMILES string of the molecule is CCCNC(C)(CO)CCCCN(CC)CC1CCC1. The summed E-state index contributed by atoms with van der Waals surface area (Å²) in [5.74, 6) is 0.976. The van der Waals surface area contributed by atoms with Gasteiger partial charge in [0, 0.05) is 12.1 Å². The Morgan fingerprint density at radius 2 is 2.00 bits per heavy atom. The van der Waals surface area contributed by atoms with Crippen molar-refractivity contribution in [1.29, 1.82) is 0 Å². The van der Waals surface area contributed by atoms with Gasteiger partial charge in [-0.05, 0) is 64.6 Å². The minimum absolute atomic E-state index is 0.0823. The molecule has 0 heterocycles. The first-order valence-corrected chi connectivity index (χ1v) is 8.71. The van der Waals surface area contributed by atoms with E-state index in [2.05, 4.69) is 31.0 Å². The molecule has 0 aromatic carbocycles. The molecule has 0 radical (unpaired) electrons. The molecule has 0 bridgehead atoms. The number of nitrogens with zero attached hydrogens (tertiary/aromatic N) is 1. The molecular weight excluding hydrogens is 248 g/mol. The van der Waals surface area contributed by atoms with Crippen LogP contribution in [0.1, 0.15) is 65.7 Å². The summed E-state index contributed by atoms with van der Waals surface area (Å²) in [6.07, 6.45) is 8.99. The van der Waals surface area contributed by atoms with E-state index >= 15 is 0 Å². The predicted octanol–water partition coefficient (Wildman–Crippen LogP) is 3.03. The third kappa shape index (κ3) is 6.55. The maximum atomic E-state index is 9.55. The van der Waals surface area contributed by atoms with Crippen molar-refractivity contribution in [2.24, 2.45) is 5.92 Å². The van der Waals surface area contributed by atoms with Crippen molar-refractivity contribution in [1.82, 2.24) is 10.2 Å². The number of rotatable bonds is 12. The van der Waals surface area contributed by atoms with Crippen LogP contribution < -0.4 is 5.32 Å². The second-order valence-corrected chi connectivity index (χ2v) is 6.79. The van der Waals surface area contributed by atoms with Crippen molar-refractivity contribution < 1.29 is 5.11 Å². The van der Waals surface area contributed by atoms with Crippen LogP contribution in [0.3, 0.4) is 0 Å². The average Bonchev–Trinajstić information content (AvgIpc) is 2.42. The molecule has 0 aromatic heterocycles. The first kappa shape index (κ1) is 17.9. The van der Waals surface area contributed by atoms with Crippen molar-refractivity contribution in [3.05, 3.63) is 0 Å². The summed E-state index contributed by atoms with van der Waals surface area (Å²) in [4.78, 5) is 2.61. The van der Waals surface area contributed by atoms with Crippen LogP contribution in [-0.4, -0.2) is 48.3 Å². The van der Waals surface area contributed by atoms with Crippen molar-refractivity contribution in [2.45, 2.75) is 71.3 Å². The minimum atomic E-state index is -0.0823. The Kier molecular flexibility index (Phi) is 8.74. The molecule has 0 spiro atoms. The largest absolute Gasteiger partial charge is 0.394 e. The molecule has 3 heteroatoms. The lowest BCUT2D eigenvalue weighted by atomic mass is 9.85. The summed E-state index contributed by atoms with van der Waals surface area (Å²) in [6, 6.07) is 0. The molecule has 3 nitrogen and oxygen atoms in total. The van der Waals surface area contributed by atoms with Gasteiger partial charge in [0.2, 0.25) is 0 Å². The van der Waals surface area contributed by atoms with E-state index in [1.165, 1.54) is 51.7 Å². The Bertz CT molecular complexity index is 243. The first-order chi connectivity index (χ1) is 9.63. The number of aliphatic hydroxyl groups is 1. The van der Waals surface area contributed by atoms with Crippen molar-refractivity contribution in [3.63, 3.8) is 0 Å². The highest BCUT2D eigenvalue weighted by Gasteiger charge is 2.22. The van der Waals surface area contributed by atoms with E-state index in [9.17, 15) is 5.11 Å². The van der Waals surface area contributed by atoms with Gasteiger partial charge in [-0.25, -0.2) is 0 Å². The van der Waals surface area contributed by atoms with Crippen molar-refractivity contribution in [2.75, 3.05) is 32.8 Å². The third-order valence-corrected chi connectivity index (χ3v) is 4.79. The zero-order valence-electron chi connectivity index (χ0n) is 14.0. The number of hydrogen-bond acceptors (Lipinski definition) is 3. The Morgan fingerprint density at radius 3 is 2.50 bits per heavy atom.